The van der Waals surface area contributed by atoms with Crippen LogP contribution in [0.2, 0.25) is 0 Å². The number of fused-ring (bicyclic) bond motifs is 2. The first-order chi connectivity index (χ1) is 12.7. The fourth-order valence-electron chi connectivity index (χ4n) is 5.99. The highest BCUT2D eigenvalue weighted by Gasteiger charge is 2.42. The maximum atomic E-state index is 5.04. The first kappa shape index (κ1) is 21.6. The molecular weight excluding hydrogens is 449 g/mol. The van der Waals surface area contributed by atoms with Gasteiger partial charge in [-0.15, -0.1) is 24.0 Å². The van der Waals surface area contributed by atoms with Crippen LogP contribution in [0.3, 0.4) is 0 Å². The number of aliphatic imine (C=N–C) groups is 1. The number of likely N-dealkylation sites (tertiary alicyclic amines) is 1. The Kier molecular flexibility index (Phi) is 8.09. The van der Waals surface area contributed by atoms with Crippen molar-refractivity contribution in [2.75, 3.05) is 59.4 Å². The molecule has 1 N–H and O–H groups in total. The van der Waals surface area contributed by atoms with Crippen LogP contribution in [0.1, 0.15) is 45.4 Å². The minimum atomic E-state index is 0. The second-order valence-electron chi connectivity index (χ2n) is 9.23. The minimum absolute atomic E-state index is 0. The number of nitrogens with one attached hydrogen (secondary N) is 1. The molecule has 0 aromatic heterocycles. The molecule has 5 nitrogen and oxygen atoms in total. The Morgan fingerprint density at radius 2 is 1.85 bits per heavy atom. The maximum Gasteiger partial charge on any atom is 0.194 e. The minimum Gasteiger partial charge on any atom is -0.357 e. The third kappa shape index (κ3) is 5.30. The summed E-state index contributed by atoms with van der Waals surface area (Å²) >= 11 is 0. The Hall–Kier alpha value is -0.0800. The highest BCUT2D eigenvalue weighted by molar-refractivity contribution is 14.0. The molecule has 2 aliphatic heterocycles. The zero-order valence-corrected chi connectivity index (χ0v) is 19.7. The smallest absolute Gasteiger partial charge is 0.194 e. The third-order valence-corrected chi connectivity index (χ3v) is 7.34. The summed E-state index contributed by atoms with van der Waals surface area (Å²) in [4.78, 5) is 12.8. The van der Waals surface area contributed by atoms with E-state index in [2.05, 4.69) is 34.0 Å². The summed E-state index contributed by atoms with van der Waals surface area (Å²) in [6.07, 6.45) is 8.67. The van der Waals surface area contributed by atoms with E-state index >= 15 is 0 Å². The second kappa shape index (κ2) is 10.1. The van der Waals surface area contributed by atoms with Crippen molar-refractivity contribution in [2.24, 2.45) is 22.7 Å². The number of hydrogen-bond acceptors (Lipinski definition) is 3. The van der Waals surface area contributed by atoms with Crippen LogP contribution in [-0.4, -0.2) is 86.1 Å². The van der Waals surface area contributed by atoms with E-state index in [4.69, 9.17) is 4.99 Å². The van der Waals surface area contributed by atoms with Crippen LogP contribution in [0.4, 0.5) is 0 Å². The molecule has 0 aromatic rings. The van der Waals surface area contributed by atoms with E-state index in [-0.39, 0.29) is 24.0 Å². The molecule has 0 aromatic carbocycles. The third-order valence-electron chi connectivity index (χ3n) is 7.34. The van der Waals surface area contributed by atoms with Gasteiger partial charge in [0, 0.05) is 51.9 Å². The van der Waals surface area contributed by atoms with E-state index in [1.165, 1.54) is 64.7 Å². The summed E-state index contributed by atoms with van der Waals surface area (Å²) in [7, 11) is 2.25. The lowest BCUT2D eigenvalue weighted by molar-refractivity contribution is 0.0957. The van der Waals surface area contributed by atoms with Gasteiger partial charge in [-0.05, 0) is 70.4 Å². The molecule has 4 atom stereocenters. The quantitative estimate of drug-likeness (QED) is 0.374. The van der Waals surface area contributed by atoms with Crippen molar-refractivity contribution in [1.29, 1.82) is 0 Å². The molecule has 4 unspecified atom stereocenters. The Labute approximate surface area is 183 Å². The molecule has 2 aliphatic carbocycles. The van der Waals surface area contributed by atoms with Crippen LogP contribution < -0.4 is 5.32 Å². The summed E-state index contributed by atoms with van der Waals surface area (Å²) in [5.74, 6) is 3.96. The van der Waals surface area contributed by atoms with Crippen LogP contribution in [0.15, 0.2) is 4.99 Å². The number of halogens is 1. The summed E-state index contributed by atoms with van der Waals surface area (Å²) in [5.41, 5.74) is 0. The second-order valence-corrected chi connectivity index (χ2v) is 9.23. The lowest BCUT2D eigenvalue weighted by Gasteiger charge is -2.42. The van der Waals surface area contributed by atoms with Crippen molar-refractivity contribution in [3.8, 4) is 0 Å². The average Bonchev–Trinajstić information content (AvgIpc) is 3.29. The highest BCUT2D eigenvalue weighted by Crippen LogP contribution is 2.46. The standard InChI is InChI=1S/C21H39N5.HI/c1-3-22-21(23-15-18-5-4-8-24(2)16-18)26-11-9-25(10-12-26)20-14-17-6-7-19(20)13-17;/h17-20H,3-16H2,1-2H3,(H,22,23);1H. The first-order valence-corrected chi connectivity index (χ1v) is 11.2. The lowest BCUT2D eigenvalue weighted by Crippen LogP contribution is -2.55. The van der Waals surface area contributed by atoms with E-state index in [0.29, 0.717) is 0 Å². The summed E-state index contributed by atoms with van der Waals surface area (Å²) in [5, 5.41) is 3.56. The van der Waals surface area contributed by atoms with Crippen molar-refractivity contribution < 1.29 is 0 Å². The van der Waals surface area contributed by atoms with Crippen LogP contribution in [-0.2, 0) is 0 Å². The zero-order chi connectivity index (χ0) is 17.9. The number of rotatable bonds is 4. The highest BCUT2D eigenvalue weighted by atomic mass is 127. The molecule has 2 bridgehead atoms. The monoisotopic (exact) mass is 489 g/mol. The molecule has 0 spiro atoms. The molecule has 27 heavy (non-hydrogen) atoms. The van der Waals surface area contributed by atoms with Crippen LogP contribution >= 0.6 is 24.0 Å². The summed E-state index contributed by atoms with van der Waals surface area (Å²) in [6, 6.07) is 0.896. The largest absolute Gasteiger partial charge is 0.357 e. The van der Waals surface area contributed by atoms with Crippen LogP contribution in [0, 0.1) is 17.8 Å². The van der Waals surface area contributed by atoms with Gasteiger partial charge in [0.15, 0.2) is 5.96 Å². The van der Waals surface area contributed by atoms with Crippen molar-refractivity contribution in [2.45, 2.75) is 51.5 Å². The van der Waals surface area contributed by atoms with Gasteiger partial charge >= 0.3 is 0 Å². The van der Waals surface area contributed by atoms with Crippen molar-refractivity contribution in [3.05, 3.63) is 0 Å². The lowest BCUT2D eigenvalue weighted by atomic mass is 9.93. The van der Waals surface area contributed by atoms with Gasteiger partial charge in [-0.25, -0.2) is 0 Å². The Morgan fingerprint density at radius 1 is 1.04 bits per heavy atom. The van der Waals surface area contributed by atoms with E-state index in [1.54, 1.807) is 0 Å². The SMILES string of the molecule is CCNC(=NCC1CCCN(C)C1)N1CCN(C2CC3CCC2C3)CC1.I. The van der Waals surface area contributed by atoms with Crippen molar-refractivity contribution in [3.63, 3.8) is 0 Å². The van der Waals surface area contributed by atoms with E-state index in [0.717, 1.165) is 55.9 Å². The van der Waals surface area contributed by atoms with Crippen molar-refractivity contribution >= 4 is 29.9 Å². The van der Waals surface area contributed by atoms with Gasteiger partial charge in [0.05, 0.1) is 0 Å². The van der Waals surface area contributed by atoms with Crippen LogP contribution in [0.5, 0.6) is 0 Å². The van der Waals surface area contributed by atoms with Gasteiger partial charge in [-0.1, -0.05) is 6.42 Å². The normalized spacial score (nSPS) is 35.3. The molecule has 4 fully saturated rings. The summed E-state index contributed by atoms with van der Waals surface area (Å²) in [6.45, 7) is 11.3. The topological polar surface area (TPSA) is 34.1 Å². The Bertz CT molecular complexity index is 491. The van der Waals surface area contributed by atoms with Crippen LogP contribution in [0.25, 0.3) is 0 Å². The molecule has 4 rings (SSSR count). The number of piperazine rings is 1. The first-order valence-electron chi connectivity index (χ1n) is 11.2. The van der Waals surface area contributed by atoms with Gasteiger partial charge in [-0.2, -0.15) is 0 Å². The molecular formula is C21H40IN5. The molecule has 6 heteroatoms. The maximum absolute atomic E-state index is 5.04. The van der Waals surface area contributed by atoms with E-state index in [9.17, 15) is 0 Å². The van der Waals surface area contributed by atoms with Crippen molar-refractivity contribution in [1.82, 2.24) is 20.0 Å². The van der Waals surface area contributed by atoms with E-state index in [1.807, 2.05) is 0 Å². The average molecular weight is 489 g/mol. The molecule has 2 heterocycles. The number of piperidine rings is 1. The molecule has 0 amide bonds. The van der Waals surface area contributed by atoms with Gasteiger partial charge in [0.25, 0.3) is 0 Å². The van der Waals surface area contributed by atoms with Gasteiger partial charge in [0.1, 0.15) is 0 Å². The van der Waals surface area contributed by atoms with Gasteiger partial charge in [0.2, 0.25) is 0 Å². The fourth-order valence-corrected chi connectivity index (χ4v) is 5.99. The molecule has 2 saturated carbocycles. The molecule has 156 valence electrons. The Morgan fingerprint density at radius 3 is 2.48 bits per heavy atom. The predicted molar refractivity (Wildman–Crippen MR) is 124 cm³/mol. The van der Waals surface area contributed by atoms with Gasteiger partial charge < -0.3 is 15.1 Å². The number of guanidine groups is 1. The fraction of sp³-hybridized carbons (Fsp3) is 0.952. The zero-order valence-electron chi connectivity index (χ0n) is 17.4. The molecule has 4 aliphatic rings. The Balaban J connectivity index is 0.00000210. The van der Waals surface area contributed by atoms with E-state index < -0.39 is 0 Å². The molecule has 2 saturated heterocycles. The summed E-state index contributed by atoms with van der Waals surface area (Å²) < 4.78 is 0. The number of hydrogen-bond donors (Lipinski definition) is 1. The predicted octanol–water partition coefficient (Wildman–Crippen LogP) is 2.72. The van der Waals surface area contributed by atoms with Gasteiger partial charge in [-0.3, -0.25) is 9.89 Å². The molecule has 0 radical (unpaired) electrons. The number of nitrogens with zero attached hydrogens (tertiary/aromatic N) is 4.